The van der Waals surface area contributed by atoms with E-state index in [1.54, 1.807) is 6.07 Å². The average Bonchev–Trinajstić information content (AvgIpc) is 2.52. The van der Waals surface area contributed by atoms with E-state index in [4.69, 9.17) is 33.7 Å². The van der Waals surface area contributed by atoms with E-state index >= 15 is 0 Å². The average molecular weight is 345 g/mol. The number of benzene rings is 1. The maximum atomic E-state index is 12.1. The molecule has 1 aliphatic heterocycles. The molecule has 0 spiro atoms. The van der Waals surface area contributed by atoms with Crippen molar-refractivity contribution in [2.45, 2.75) is 25.2 Å². The number of rotatable bonds is 5. The standard InChI is InChI=1S/C16H22Cl2N2O2/c1-11(9-19)15(21)20-10-16(4-6-22-7-5-16)13-3-2-12(17)8-14(13)18/h2-3,8,11H,4-7,9-10,19H2,1H3,(H,20,21). The maximum absolute atomic E-state index is 12.1. The Balaban J connectivity index is 2.22. The molecule has 0 radical (unpaired) electrons. The van der Waals surface area contributed by atoms with Gasteiger partial charge in [0.25, 0.3) is 0 Å². The first-order valence-electron chi connectivity index (χ1n) is 7.49. The summed E-state index contributed by atoms with van der Waals surface area (Å²) in [5, 5.41) is 4.26. The molecule has 122 valence electrons. The number of ether oxygens (including phenoxy) is 1. The fourth-order valence-electron chi connectivity index (χ4n) is 2.76. The fourth-order valence-corrected chi connectivity index (χ4v) is 3.37. The van der Waals surface area contributed by atoms with Crippen LogP contribution in [0.1, 0.15) is 25.3 Å². The summed E-state index contributed by atoms with van der Waals surface area (Å²) in [5.41, 5.74) is 6.35. The van der Waals surface area contributed by atoms with E-state index in [1.165, 1.54) is 0 Å². The van der Waals surface area contributed by atoms with Gasteiger partial charge < -0.3 is 15.8 Å². The number of nitrogens with one attached hydrogen (secondary N) is 1. The number of halogens is 2. The number of carbonyl (C=O) groups excluding carboxylic acids is 1. The summed E-state index contributed by atoms with van der Waals surface area (Å²) in [5.74, 6) is -0.226. The zero-order valence-electron chi connectivity index (χ0n) is 12.7. The first-order valence-corrected chi connectivity index (χ1v) is 8.25. The van der Waals surface area contributed by atoms with Crippen molar-refractivity contribution < 1.29 is 9.53 Å². The second-order valence-corrected chi connectivity index (χ2v) is 6.72. The Morgan fingerprint density at radius 2 is 2.09 bits per heavy atom. The molecule has 3 N–H and O–H groups in total. The fraction of sp³-hybridized carbons (Fsp3) is 0.562. The Bertz CT molecular complexity index is 531. The summed E-state index contributed by atoms with van der Waals surface area (Å²) in [6.45, 7) is 3.99. The van der Waals surface area contributed by atoms with E-state index in [1.807, 2.05) is 19.1 Å². The lowest BCUT2D eigenvalue weighted by atomic mass is 9.74. The lowest BCUT2D eigenvalue weighted by Gasteiger charge is -2.38. The zero-order chi connectivity index (χ0) is 16.2. The maximum Gasteiger partial charge on any atom is 0.224 e. The van der Waals surface area contributed by atoms with E-state index in [-0.39, 0.29) is 17.2 Å². The summed E-state index contributed by atoms with van der Waals surface area (Å²) >= 11 is 12.4. The molecule has 1 aliphatic rings. The van der Waals surface area contributed by atoms with Crippen LogP contribution in [-0.4, -0.2) is 32.2 Å². The molecule has 6 heteroatoms. The van der Waals surface area contributed by atoms with E-state index < -0.39 is 0 Å². The van der Waals surface area contributed by atoms with Gasteiger partial charge in [0.1, 0.15) is 0 Å². The second kappa shape index (κ2) is 7.64. The van der Waals surface area contributed by atoms with Gasteiger partial charge in [-0.3, -0.25) is 4.79 Å². The van der Waals surface area contributed by atoms with Gasteiger partial charge in [-0.2, -0.15) is 0 Å². The molecule has 1 aromatic rings. The number of carbonyl (C=O) groups is 1. The van der Waals surface area contributed by atoms with E-state index in [0.29, 0.717) is 36.3 Å². The molecule has 0 aromatic heterocycles. The van der Waals surface area contributed by atoms with Gasteiger partial charge in [-0.15, -0.1) is 0 Å². The van der Waals surface area contributed by atoms with Crippen molar-refractivity contribution in [3.8, 4) is 0 Å². The Hall–Kier alpha value is -0.810. The van der Waals surface area contributed by atoms with Gasteiger partial charge in [-0.25, -0.2) is 0 Å². The Labute approximate surface area is 141 Å². The first kappa shape index (κ1) is 17.5. The van der Waals surface area contributed by atoms with Gasteiger partial charge in [-0.05, 0) is 30.5 Å². The number of nitrogens with two attached hydrogens (primary N) is 1. The molecule has 1 aromatic carbocycles. The van der Waals surface area contributed by atoms with Crippen LogP contribution in [0.3, 0.4) is 0 Å². The molecule has 1 unspecified atom stereocenters. The van der Waals surface area contributed by atoms with Crippen molar-refractivity contribution in [3.05, 3.63) is 33.8 Å². The van der Waals surface area contributed by atoms with Crippen molar-refractivity contribution in [2.24, 2.45) is 11.7 Å². The normalized spacial score (nSPS) is 18.7. The molecule has 0 bridgehead atoms. The van der Waals surface area contributed by atoms with E-state index in [2.05, 4.69) is 5.32 Å². The number of amides is 1. The van der Waals surface area contributed by atoms with Crippen LogP contribution in [-0.2, 0) is 14.9 Å². The van der Waals surface area contributed by atoms with Crippen molar-refractivity contribution in [1.29, 1.82) is 0 Å². The Morgan fingerprint density at radius 3 is 2.68 bits per heavy atom. The minimum Gasteiger partial charge on any atom is -0.381 e. The first-order chi connectivity index (χ1) is 10.5. The van der Waals surface area contributed by atoms with Gasteiger partial charge in [0.15, 0.2) is 0 Å². The van der Waals surface area contributed by atoms with Gasteiger partial charge in [0.2, 0.25) is 5.91 Å². The lowest BCUT2D eigenvalue weighted by molar-refractivity contribution is -0.124. The topological polar surface area (TPSA) is 64.4 Å². The Kier molecular flexibility index (Phi) is 6.09. The van der Waals surface area contributed by atoms with Gasteiger partial charge in [-0.1, -0.05) is 36.2 Å². The third-order valence-electron chi connectivity index (χ3n) is 4.35. The van der Waals surface area contributed by atoms with Crippen LogP contribution < -0.4 is 11.1 Å². The van der Waals surface area contributed by atoms with Gasteiger partial charge in [0, 0.05) is 47.7 Å². The predicted octanol–water partition coefficient (Wildman–Crippen LogP) is 2.75. The molecule has 1 atom stereocenters. The molecule has 22 heavy (non-hydrogen) atoms. The SMILES string of the molecule is CC(CN)C(=O)NCC1(c2ccc(Cl)cc2Cl)CCOCC1. The predicted molar refractivity (Wildman–Crippen MR) is 89.4 cm³/mol. The lowest BCUT2D eigenvalue weighted by Crippen LogP contribution is -2.46. The van der Waals surface area contributed by atoms with Crippen LogP contribution in [0.25, 0.3) is 0 Å². The molecular formula is C16H22Cl2N2O2. The molecular weight excluding hydrogens is 323 g/mol. The summed E-state index contributed by atoms with van der Waals surface area (Å²) in [4.78, 5) is 12.1. The molecule has 4 nitrogen and oxygen atoms in total. The van der Waals surface area contributed by atoms with Crippen LogP contribution >= 0.6 is 23.2 Å². The molecule has 1 amide bonds. The summed E-state index contributed by atoms with van der Waals surface area (Å²) < 4.78 is 5.48. The third kappa shape index (κ3) is 3.93. The molecule has 1 saturated heterocycles. The van der Waals surface area contributed by atoms with Crippen LogP contribution in [0.2, 0.25) is 10.0 Å². The molecule has 2 rings (SSSR count). The highest BCUT2D eigenvalue weighted by molar-refractivity contribution is 6.35. The molecule has 0 saturated carbocycles. The molecule has 1 fully saturated rings. The van der Waals surface area contributed by atoms with Gasteiger partial charge in [0.05, 0.1) is 0 Å². The Morgan fingerprint density at radius 1 is 1.41 bits per heavy atom. The minimum absolute atomic E-state index is 0.0292. The minimum atomic E-state index is -0.218. The summed E-state index contributed by atoms with van der Waals surface area (Å²) in [6, 6.07) is 5.54. The number of hydrogen-bond donors (Lipinski definition) is 2. The van der Waals surface area contributed by atoms with Crippen LogP contribution in [0.4, 0.5) is 0 Å². The van der Waals surface area contributed by atoms with Gasteiger partial charge >= 0.3 is 0 Å². The van der Waals surface area contributed by atoms with Crippen molar-refractivity contribution in [3.63, 3.8) is 0 Å². The highest BCUT2D eigenvalue weighted by Crippen LogP contribution is 2.39. The van der Waals surface area contributed by atoms with E-state index in [0.717, 1.165) is 18.4 Å². The summed E-state index contributed by atoms with van der Waals surface area (Å²) in [7, 11) is 0. The molecule has 1 heterocycles. The van der Waals surface area contributed by atoms with Crippen molar-refractivity contribution in [2.75, 3.05) is 26.3 Å². The van der Waals surface area contributed by atoms with Crippen molar-refractivity contribution >= 4 is 29.1 Å². The quantitative estimate of drug-likeness (QED) is 0.863. The second-order valence-electron chi connectivity index (χ2n) is 5.87. The highest BCUT2D eigenvalue weighted by Gasteiger charge is 2.36. The summed E-state index contributed by atoms with van der Waals surface area (Å²) in [6.07, 6.45) is 1.62. The molecule has 0 aliphatic carbocycles. The van der Waals surface area contributed by atoms with Crippen molar-refractivity contribution in [1.82, 2.24) is 5.32 Å². The van der Waals surface area contributed by atoms with Crippen LogP contribution in [0, 0.1) is 5.92 Å². The largest absolute Gasteiger partial charge is 0.381 e. The monoisotopic (exact) mass is 344 g/mol. The number of hydrogen-bond acceptors (Lipinski definition) is 3. The smallest absolute Gasteiger partial charge is 0.224 e. The zero-order valence-corrected chi connectivity index (χ0v) is 14.2. The highest BCUT2D eigenvalue weighted by atomic mass is 35.5. The van der Waals surface area contributed by atoms with Crippen LogP contribution in [0.15, 0.2) is 18.2 Å². The third-order valence-corrected chi connectivity index (χ3v) is 4.90. The van der Waals surface area contributed by atoms with Crippen LogP contribution in [0.5, 0.6) is 0 Å². The van der Waals surface area contributed by atoms with E-state index in [9.17, 15) is 4.79 Å².